The highest BCUT2D eigenvalue weighted by molar-refractivity contribution is 5.77. The van der Waals surface area contributed by atoms with Gasteiger partial charge in [0.2, 0.25) is 0 Å². The standard InChI is InChI=1S/C24H28N10O2/c1-15(2)30-19-8-21(34-23-17(12-29-34)7-16(9-25)11-28-23)27-13-20(19)33-14-18(31-32-33)5-6-24(3,4)36-22(35)10-26/h7-8,11-15H,5-6,10,26H2,1-4H3,(H,27,30). The molecule has 0 atom stereocenters. The molecule has 0 spiro atoms. The van der Waals surface area contributed by atoms with E-state index in [1.54, 1.807) is 27.8 Å². The zero-order chi connectivity index (χ0) is 25.9. The second-order valence-electron chi connectivity index (χ2n) is 9.26. The average Bonchev–Trinajstić information content (AvgIpc) is 3.49. The number of aryl methyl sites for hydroxylation is 1. The number of nitriles is 1. The van der Waals surface area contributed by atoms with E-state index in [2.05, 4.69) is 36.8 Å². The van der Waals surface area contributed by atoms with E-state index in [0.29, 0.717) is 29.9 Å². The summed E-state index contributed by atoms with van der Waals surface area (Å²) in [4.78, 5) is 20.5. The maximum atomic E-state index is 11.6. The van der Waals surface area contributed by atoms with E-state index < -0.39 is 11.6 Å². The second-order valence-corrected chi connectivity index (χ2v) is 9.26. The highest BCUT2D eigenvalue weighted by atomic mass is 16.6. The highest BCUT2D eigenvalue weighted by Gasteiger charge is 2.23. The van der Waals surface area contributed by atoms with Gasteiger partial charge in [0.1, 0.15) is 17.4 Å². The Morgan fingerprint density at radius 2 is 2.06 bits per heavy atom. The SMILES string of the molecule is CC(C)Nc1cc(-n2ncc3cc(C#N)cnc32)ncc1-n1cc(CCC(C)(C)OC(=O)CN)nn1. The third-order valence-corrected chi connectivity index (χ3v) is 5.39. The van der Waals surface area contributed by atoms with Crippen molar-refractivity contribution in [3.8, 4) is 17.6 Å². The molecule has 4 aromatic rings. The number of aromatic nitrogens is 7. The zero-order valence-electron chi connectivity index (χ0n) is 20.6. The third-order valence-electron chi connectivity index (χ3n) is 5.39. The van der Waals surface area contributed by atoms with Crippen molar-refractivity contribution in [1.82, 2.24) is 34.7 Å². The van der Waals surface area contributed by atoms with Gasteiger partial charge in [0.25, 0.3) is 0 Å². The monoisotopic (exact) mass is 488 g/mol. The number of nitrogens with one attached hydrogen (secondary N) is 1. The van der Waals surface area contributed by atoms with Gasteiger partial charge in [0.15, 0.2) is 11.5 Å². The Hall–Kier alpha value is -4.37. The van der Waals surface area contributed by atoms with Crippen LogP contribution >= 0.6 is 0 Å². The molecule has 12 nitrogen and oxygen atoms in total. The van der Waals surface area contributed by atoms with Crippen LogP contribution in [-0.2, 0) is 16.0 Å². The minimum Gasteiger partial charge on any atom is -0.459 e. The quantitative estimate of drug-likeness (QED) is 0.334. The van der Waals surface area contributed by atoms with E-state index in [1.807, 2.05) is 40.0 Å². The van der Waals surface area contributed by atoms with Gasteiger partial charge in [-0.3, -0.25) is 4.79 Å². The number of pyridine rings is 2. The summed E-state index contributed by atoms with van der Waals surface area (Å²) in [5.74, 6) is 0.128. The van der Waals surface area contributed by atoms with Crippen molar-refractivity contribution in [2.45, 2.75) is 52.2 Å². The first-order valence-electron chi connectivity index (χ1n) is 11.5. The molecule has 36 heavy (non-hydrogen) atoms. The summed E-state index contributed by atoms with van der Waals surface area (Å²) in [5.41, 5.74) is 8.02. The number of rotatable bonds is 9. The molecule has 0 aliphatic heterocycles. The lowest BCUT2D eigenvalue weighted by Crippen LogP contribution is -2.32. The fourth-order valence-electron chi connectivity index (χ4n) is 3.67. The minimum atomic E-state index is -0.664. The van der Waals surface area contributed by atoms with Gasteiger partial charge >= 0.3 is 5.97 Å². The van der Waals surface area contributed by atoms with Crippen molar-refractivity contribution in [3.05, 3.63) is 48.2 Å². The Morgan fingerprint density at radius 1 is 1.25 bits per heavy atom. The van der Waals surface area contributed by atoms with Gasteiger partial charge in [0, 0.05) is 23.7 Å². The molecule has 0 radical (unpaired) electrons. The molecule has 12 heteroatoms. The van der Waals surface area contributed by atoms with Gasteiger partial charge in [-0.25, -0.2) is 14.6 Å². The van der Waals surface area contributed by atoms with E-state index in [0.717, 1.165) is 22.5 Å². The van der Waals surface area contributed by atoms with E-state index in [1.165, 1.54) is 6.20 Å². The van der Waals surface area contributed by atoms with Gasteiger partial charge in [0.05, 0.1) is 42.1 Å². The summed E-state index contributed by atoms with van der Waals surface area (Å²) in [6.07, 6.45) is 7.83. The molecule has 0 saturated carbocycles. The number of ether oxygens (including phenoxy) is 1. The molecule has 0 amide bonds. The summed E-state index contributed by atoms with van der Waals surface area (Å²) >= 11 is 0. The van der Waals surface area contributed by atoms with Crippen LogP contribution < -0.4 is 11.1 Å². The molecule has 0 saturated heterocycles. The Bertz CT molecular complexity index is 1430. The first-order chi connectivity index (χ1) is 17.2. The lowest BCUT2D eigenvalue weighted by atomic mass is 10.0. The number of carbonyl (C=O) groups excluding carboxylic acids is 1. The molecule has 0 aliphatic carbocycles. The number of hydrogen-bond acceptors (Lipinski definition) is 10. The van der Waals surface area contributed by atoms with Crippen LogP contribution in [0.25, 0.3) is 22.5 Å². The predicted octanol–water partition coefficient (Wildman–Crippen LogP) is 2.30. The van der Waals surface area contributed by atoms with Gasteiger partial charge in [-0.2, -0.15) is 15.0 Å². The zero-order valence-corrected chi connectivity index (χ0v) is 20.6. The van der Waals surface area contributed by atoms with Gasteiger partial charge in [-0.1, -0.05) is 5.21 Å². The number of carbonyl (C=O) groups is 1. The molecule has 4 aromatic heterocycles. The fraction of sp³-hybridized carbons (Fsp3) is 0.375. The molecule has 0 fully saturated rings. The van der Waals surface area contributed by atoms with Gasteiger partial charge in [-0.05, 0) is 46.6 Å². The van der Waals surface area contributed by atoms with Crippen LogP contribution in [0.5, 0.6) is 0 Å². The number of fused-ring (bicyclic) bond motifs is 1. The third kappa shape index (κ3) is 5.47. The highest BCUT2D eigenvalue weighted by Crippen LogP contribution is 2.25. The summed E-state index contributed by atoms with van der Waals surface area (Å²) in [6.45, 7) is 7.60. The van der Waals surface area contributed by atoms with Crippen LogP contribution in [0.15, 0.2) is 36.9 Å². The molecule has 0 bridgehead atoms. The average molecular weight is 489 g/mol. The van der Waals surface area contributed by atoms with Crippen molar-refractivity contribution < 1.29 is 9.53 Å². The van der Waals surface area contributed by atoms with Crippen LogP contribution in [0.2, 0.25) is 0 Å². The van der Waals surface area contributed by atoms with Crippen LogP contribution in [0.4, 0.5) is 5.69 Å². The fourth-order valence-corrected chi connectivity index (χ4v) is 3.67. The van der Waals surface area contributed by atoms with E-state index in [4.69, 9.17) is 15.7 Å². The first kappa shape index (κ1) is 24.7. The molecule has 0 unspecified atom stereocenters. The van der Waals surface area contributed by atoms with Crippen LogP contribution in [0.3, 0.4) is 0 Å². The maximum Gasteiger partial charge on any atom is 0.320 e. The van der Waals surface area contributed by atoms with E-state index in [9.17, 15) is 4.79 Å². The molecule has 3 N–H and O–H groups in total. The Kier molecular flexibility index (Phi) is 6.93. The van der Waals surface area contributed by atoms with Gasteiger partial charge in [-0.15, -0.1) is 5.10 Å². The Balaban J connectivity index is 1.61. The number of nitrogens with zero attached hydrogens (tertiary/aromatic N) is 8. The van der Waals surface area contributed by atoms with Crippen molar-refractivity contribution in [3.63, 3.8) is 0 Å². The molecule has 0 aliphatic rings. The van der Waals surface area contributed by atoms with Crippen molar-refractivity contribution in [2.75, 3.05) is 11.9 Å². The lowest BCUT2D eigenvalue weighted by molar-refractivity contribution is -0.155. The summed E-state index contributed by atoms with van der Waals surface area (Å²) < 4.78 is 8.68. The topological polar surface area (TPSA) is 162 Å². The normalized spacial score (nSPS) is 11.6. The smallest absolute Gasteiger partial charge is 0.320 e. The molecule has 186 valence electrons. The van der Waals surface area contributed by atoms with Crippen molar-refractivity contribution >= 4 is 22.7 Å². The second kappa shape index (κ2) is 10.1. The Morgan fingerprint density at radius 3 is 2.78 bits per heavy atom. The largest absolute Gasteiger partial charge is 0.459 e. The van der Waals surface area contributed by atoms with Gasteiger partial charge < -0.3 is 15.8 Å². The Labute approximate surface area is 208 Å². The maximum absolute atomic E-state index is 11.6. The van der Waals surface area contributed by atoms with Crippen LogP contribution in [-0.4, -0.2) is 58.9 Å². The van der Waals surface area contributed by atoms with Crippen molar-refractivity contribution in [1.29, 1.82) is 5.26 Å². The first-order valence-corrected chi connectivity index (χ1v) is 11.5. The lowest BCUT2D eigenvalue weighted by Gasteiger charge is -2.24. The molecular weight excluding hydrogens is 460 g/mol. The number of hydrogen-bond donors (Lipinski definition) is 2. The molecule has 4 heterocycles. The molecule has 0 aromatic carbocycles. The molecule has 4 rings (SSSR count). The summed E-state index contributed by atoms with van der Waals surface area (Å²) in [6, 6.07) is 5.84. The van der Waals surface area contributed by atoms with Crippen molar-refractivity contribution in [2.24, 2.45) is 5.73 Å². The molecular formula is C24H28N10O2. The number of anilines is 1. The van der Waals surface area contributed by atoms with E-state index in [-0.39, 0.29) is 12.6 Å². The summed E-state index contributed by atoms with van der Waals surface area (Å²) in [7, 11) is 0. The summed E-state index contributed by atoms with van der Waals surface area (Å²) in [5, 5.41) is 26.3. The minimum absolute atomic E-state index is 0.144. The van der Waals surface area contributed by atoms with E-state index >= 15 is 0 Å². The van der Waals surface area contributed by atoms with Crippen LogP contribution in [0.1, 0.15) is 45.4 Å². The van der Waals surface area contributed by atoms with Crippen LogP contribution in [0, 0.1) is 11.3 Å². The number of esters is 1. The number of nitrogens with two attached hydrogens (primary N) is 1. The predicted molar refractivity (Wildman–Crippen MR) is 133 cm³/mol.